The van der Waals surface area contributed by atoms with Gasteiger partial charge in [0.25, 0.3) is 0 Å². The summed E-state index contributed by atoms with van der Waals surface area (Å²) in [4.78, 5) is 41.8. The number of carboxylic acids is 1. The van der Waals surface area contributed by atoms with Crippen LogP contribution in [0.5, 0.6) is 5.75 Å². The van der Waals surface area contributed by atoms with Crippen molar-refractivity contribution in [2.75, 3.05) is 18.6 Å². The normalized spacial score (nSPS) is 38.1. The third-order valence-corrected chi connectivity index (χ3v) is 7.49. The van der Waals surface area contributed by atoms with Gasteiger partial charge in [-0.15, -0.1) is 0 Å². The molecule has 8 heteroatoms. The number of benzene rings is 1. The minimum Gasteiger partial charge on any atom is -0.497 e. The topological polar surface area (TPSA) is 96.4 Å². The number of amides is 2. The van der Waals surface area contributed by atoms with Gasteiger partial charge in [0.05, 0.1) is 31.2 Å². The molecule has 1 spiro atoms. The molecule has 5 aliphatic rings. The highest BCUT2D eigenvalue weighted by Crippen LogP contribution is 2.60. The van der Waals surface area contributed by atoms with Crippen molar-refractivity contribution in [2.24, 2.45) is 11.8 Å². The van der Waals surface area contributed by atoms with E-state index in [2.05, 4.69) is 0 Å². The summed E-state index contributed by atoms with van der Waals surface area (Å²) in [7, 11) is 1.59. The first-order valence-corrected chi connectivity index (χ1v) is 10.4. The Hall–Kier alpha value is -2.87. The molecule has 0 radical (unpaired) electrons. The summed E-state index contributed by atoms with van der Waals surface area (Å²) in [6.45, 7) is 0.675. The fourth-order valence-corrected chi connectivity index (χ4v) is 6.29. The highest BCUT2D eigenvalue weighted by molar-refractivity contribution is 6.04. The molecule has 2 bridgehead atoms. The highest BCUT2D eigenvalue weighted by atomic mass is 16.5. The Morgan fingerprint density at radius 3 is 2.87 bits per heavy atom. The van der Waals surface area contributed by atoms with Crippen molar-refractivity contribution in [1.82, 2.24) is 4.90 Å². The van der Waals surface area contributed by atoms with E-state index in [1.54, 1.807) is 24.2 Å². The molecule has 156 valence electrons. The summed E-state index contributed by atoms with van der Waals surface area (Å²) < 4.78 is 11.6. The molecular formula is C22H22N2O6. The summed E-state index contributed by atoms with van der Waals surface area (Å²) in [5, 5.41) is 9.80. The van der Waals surface area contributed by atoms with Crippen LogP contribution in [0.15, 0.2) is 30.4 Å². The van der Waals surface area contributed by atoms with E-state index in [4.69, 9.17) is 9.47 Å². The number of carbonyl (C=O) groups excluding carboxylic acids is 2. The molecule has 30 heavy (non-hydrogen) atoms. The quantitative estimate of drug-likeness (QED) is 0.759. The largest absolute Gasteiger partial charge is 0.497 e. The van der Waals surface area contributed by atoms with Crippen molar-refractivity contribution < 1.29 is 29.0 Å². The number of methoxy groups -OCH3 is 1. The molecule has 0 saturated carbocycles. The zero-order valence-corrected chi connectivity index (χ0v) is 16.5. The number of fused-ring (bicyclic) bond motifs is 4. The lowest BCUT2D eigenvalue weighted by molar-refractivity contribution is -0.146. The maximum atomic E-state index is 13.6. The van der Waals surface area contributed by atoms with Gasteiger partial charge in [0, 0.05) is 24.2 Å². The van der Waals surface area contributed by atoms with Gasteiger partial charge < -0.3 is 24.4 Å². The van der Waals surface area contributed by atoms with E-state index in [9.17, 15) is 19.5 Å². The average molecular weight is 410 g/mol. The van der Waals surface area contributed by atoms with Gasteiger partial charge in [-0.05, 0) is 31.0 Å². The number of anilines is 1. The molecule has 2 amide bonds. The van der Waals surface area contributed by atoms with Crippen LogP contribution in [0, 0.1) is 11.8 Å². The van der Waals surface area contributed by atoms with Crippen LogP contribution in [0.1, 0.15) is 30.9 Å². The molecule has 6 atom stereocenters. The number of aliphatic carboxylic acids is 1. The average Bonchev–Trinajstić information content (AvgIpc) is 3.48. The van der Waals surface area contributed by atoms with Crippen molar-refractivity contribution in [3.05, 3.63) is 35.9 Å². The van der Waals surface area contributed by atoms with Crippen LogP contribution in [0.2, 0.25) is 0 Å². The Morgan fingerprint density at radius 1 is 1.33 bits per heavy atom. The number of nitrogens with zero attached hydrogens (tertiary/aromatic N) is 2. The number of hydrogen-bond donors (Lipinski definition) is 1. The second-order valence-electron chi connectivity index (χ2n) is 8.73. The van der Waals surface area contributed by atoms with Gasteiger partial charge in [0.1, 0.15) is 17.3 Å². The fraction of sp³-hybridized carbons (Fsp3) is 0.500. The second-order valence-corrected chi connectivity index (χ2v) is 8.73. The molecule has 0 aliphatic carbocycles. The Morgan fingerprint density at radius 2 is 2.17 bits per heavy atom. The molecule has 1 N–H and O–H groups in total. The molecule has 8 nitrogen and oxygen atoms in total. The van der Waals surface area contributed by atoms with Crippen molar-refractivity contribution in [3.8, 4) is 5.75 Å². The molecule has 0 aromatic heterocycles. The van der Waals surface area contributed by atoms with Crippen LogP contribution >= 0.6 is 0 Å². The predicted molar refractivity (Wildman–Crippen MR) is 104 cm³/mol. The van der Waals surface area contributed by atoms with E-state index >= 15 is 0 Å². The van der Waals surface area contributed by atoms with E-state index in [1.807, 2.05) is 23.1 Å². The molecule has 6 rings (SSSR count). The smallest absolute Gasteiger partial charge is 0.310 e. The molecule has 5 heterocycles. The SMILES string of the molecule is COc1ccc2c(c1)[C@@H](N1CCCC1=O)C[C@@H]1N2C(=O)[C@H]2[C@@H](C(=O)O)[C@@H]3C=C[C@]12O3. The monoisotopic (exact) mass is 410 g/mol. The van der Waals surface area contributed by atoms with Crippen molar-refractivity contribution in [1.29, 1.82) is 0 Å². The minimum atomic E-state index is -1.01. The van der Waals surface area contributed by atoms with Crippen LogP contribution in [0.4, 0.5) is 5.69 Å². The number of rotatable bonds is 3. The first-order valence-electron chi connectivity index (χ1n) is 10.4. The van der Waals surface area contributed by atoms with Gasteiger partial charge >= 0.3 is 5.97 Å². The van der Waals surface area contributed by atoms with E-state index in [0.717, 1.165) is 17.7 Å². The Bertz CT molecular complexity index is 1020. The van der Waals surface area contributed by atoms with Crippen LogP contribution in [0.3, 0.4) is 0 Å². The van der Waals surface area contributed by atoms with Crippen molar-refractivity contribution >= 4 is 23.5 Å². The van der Waals surface area contributed by atoms with Gasteiger partial charge in [-0.25, -0.2) is 0 Å². The predicted octanol–water partition coefficient (Wildman–Crippen LogP) is 1.50. The summed E-state index contributed by atoms with van der Waals surface area (Å²) in [6, 6.07) is 4.98. The van der Waals surface area contributed by atoms with Crippen molar-refractivity contribution in [3.63, 3.8) is 0 Å². The maximum absolute atomic E-state index is 13.6. The number of ether oxygens (including phenoxy) is 2. The Labute approximate surface area is 173 Å². The summed E-state index contributed by atoms with van der Waals surface area (Å²) in [6.07, 6.45) is 4.94. The number of likely N-dealkylation sites (tertiary alicyclic amines) is 1. The zero-order valence-electron chi connectivity index (χ0n) is 16.5. The number of hydrogen-bond acceptors (Lipinski definition) is 5. The third kappa shape index (κ3) is 2.02. The lowest BCUT2D eigenvalue weighted by Crippen LogP contribution is -2.50. The lowest BCUT2D eigenvalue weighted by atomic mass is 9.73. The highest BCUT2D eigenvalue weighted by Gasteiger charge is 2.72. The van der Waals surface area contributed by atoms with Gasteiger partial charge in [-0.3, -0.25) is 14.4 Å². The standard InChI is InChI=1S/C22H22N2O6/c1-29-11-4-5-13-12(9-11)14(23-8-2-3-17(23)25)10-16-22-7-6-15(30-22)18(21(27)28)19(22)20(26)24(13)16/h4-7,9,14-16,18-19H,2-3,8,10H2,1H3,(H,27,28)/t14-,15-,16-,18-,19+,22-/m0/s1. The van der Waals surface area contributed by atoms with E-state index in [-0.39, 0.29) is 23.9 Å². The first kappa shape index (κ1) is 17.9. The second kappa shape index (κ2) is 5.85. The van der Waals surface area contributed by atoms with Gasteiger partial charge in [0.15, 0.2) is 0 Å². The van der Waals surface area contributed by atoms with Gasteiger partial charge in [0.2, 0.25) is 11.8 Å². The van der Waals surface area contributed by atoms with E-state index < -0.39 is 29.5 Å². The van der Waals surface area contributed by atoms with Crippen LogP contribution in [-0.4, -0.2) is 59.2 Å². The third-order valence-electron chi connectivity index (χ3n) is 7.49. The lowest BCUT2D eigenvalue weighted by Gasteiger charge is -2.44. The fourth-order valence-electron chi connectivity index (χ4n) is 6.29. The zero-order chi connectivity index (χ0) is 20.8. The van der Waals surface area contributed by atoms with Crippen LogP contribution in [-0.2, 0) is 19.1 Å². The molecular weight excluding hydrogens is 388 g/mol. The van der Waals surface area contributed by atoms with Gasteiger partial charge in [-0.1, -0.05) is 12.2 Å². The summed E-state index contributed by atoms with van der Waals surface area (Å²) >= 11 is 0. The van der Waals surface area contributed by atoms with E-state index in [0.29, 0.717) is 25.1 Å². The molecule has 5 aliphatic heterocycles. The van der Waals surface area contributed by atoms with Crippen molar-refractivity contribution in [2.45, 2.75) is 43.1 Å². The Balaban J connectivity index is 1.51. The number of carbonyl (C=O) groups is 3. The van der Waals surface area contributed by atoms with E-state index in [1.165, 1.54) is 0 Å². The minimum absolute atomic E-state index is 0.108. The summed E-state index contributed by atoms with van der Waals surface area (Å²) in [5.41, 5.74) is 0.634. The molecule has 3 saturated heterocycles. The van der Waals surface area contributed by atoms with Gasteiger partial charge in [-0.2, -0.15) is 0 Å². The summed E-state index contributed by atoms with van der Waals surface area (Å²) in [5.74, 6) is -2.09. The molecule has 3 fully saturated rings. The molecule has 1 aromatic rings. The number of carboxylic acid groups (broad SMARTS) is 1. The molecule has 1 aromatic carbocycles. The molecule has 0 unspecified atom stereocenters. The Kier molecular flexibility index (Phi) is 3.50. The maximum Gasteiger partial charge on any atom is 0.310 e. The first-order chi connectivity index (χ1) is 14.5. The van der Waals surface area contributed by atoms with Crippen LogP contribution < -0.4 is 9.64 Å². The van der Waals surface area contributed by atoms with Crippen LogP contribution in [0.25, 0.3) is 0 Å².